The third-order valence-electron chi connectivity index (χ3n) is 3.83. The van der Waals surface area contributed by atoms with Gasteiger partial charge < -0.3 is 10.2 Å². The molecule has 1 aliphatic heterocycles. The maximum absolute atomic E-state index is 12.0. The molecule has 0 bridgehead atoms. The summed E-state index contributed by atoms with van der Waals surface area (Å²) in [5, 5.41) is 15.9. The van der Waals surface area contributed by atoms with Crippen LogP contribution in [0.2, 0.25) is 0 Å². The van der Waals surface area contributed by atoms with E-state index in [2.05, 4.69) is 30.6 Å². The zero-order valence-electron chi connectivity index (χ0n) is 12.1. The van der Waals surface area contributed by atoms with Crippen LogP contribution >= 0.6 is 0 Å². The van der Waals surface area contributed by atoms with Crippen molar-refractivity contribution in [1.82, 2.24) is 25.7 Å². The number of carbonyl (C=O) groups excluding carboxylic acids is 1. The lowest BCUT2D eigenvalue weighted by atomic mass is 10.0. The minimum absolute atomic E-state index is 0.166. The first-order valence-electron chi connectivity index (χ1n) is 7.34. The molecular formula is C14H18N6O2. The van der Waals surface area contributed by atoms with E-state index >= 15 is 0 Å². The Morgan fingerprint density at radius 3 is 2.95 bits per heavy atom. The summed E-state index contributed by atoms with van der Waals surface area (Å²) in [6.07, 6.45) is 4.71. The number of aromatic amines is 2. The molecule has 1 unspecified atom stereocenters. The van der Waals surface area contributed by atoms with Gasteiger partial charge in [0.05, 0.1) is 0 Å². The second kappa shape index (κ2) is 6.42. The predicted molar refractivity (Wildman–Crippen MR) is 80.8 cm³/mol. The van der Waals surface area contributed by atoms with Crippen LogP contribution in [0.3, 0.4) is 0 Å². The van der Waals surface area contributed by atoms with Gasteiger partial charge in [-0.25, -0.2) is 5.10 Å². The van der Waals surface area contributed by atoms with E-state index in [1.54, 1.807) is 18.3 Å². The Hall–Kier alpha value is -2.64. The summed E-state index contributed by atoms with van der Waals surface area (Å²) in [4.78, 5) is 25.2. The molecule has 3 heterocycles. The standard InChI is InChI=1S/C14H18N6O2/c21-13-5-4-12(18-19-13)20-8-2-1-3-10(20)9-15-14(22)11-6-7-16-17-11/h4-7,10H,1-3,8-9H2,(H,15,22)(H,16,17)(H,19,21). The lowest BCUT2D eigenvalue weighted by Crippen LogP contribution is -2.47. The summed E-state index contributed by atoms with van der Waals surface area (Å²) in [5.74, 6) is 0.567. The molecule has 1 fully saturated rings. The fourth-order valence-electron chi connectivity index (χ4n) is 2.70. The van der Waals surface area contributed by atoms with Gasteiger partial charge >= 0.3 is 0 Å². The van der Waals surface area contributed by atoms with E-state index in [9.17, 15) is 9.59 Å². The van der Waals surface area contributed by atoms with Crippen LogP contribution in [0.15, 0.2) is 29.2 Å². The fraction of sp³-hybridized carbons (Fsp3) is 0.429. The van der Waals surface area contributed by atoms with E-state index in [1.807, 2.05) is 0 Å². The van der Waals surface area contributed by atoms with Crippen molar-refractivity contribution < 1.29 is 4.79 Å². The Balaban J connectivity index is 1.66. The molecular weight excluding hydrogens is 284 g/mol. The van der Waals surface area contributed by atoms with Gasteiger partial charge in [-0.1, -0.05) is 0 Å². The maximum atomic E-state index is 12.0. The Morgan fingerprint density at radius 2 is 2.23 bits per heavy atom. The zero-order valence-corrected chi connectivity index (χ0v) is 12.1. The lowest BCUT2D eigenvalue weighted by molar-refractivity contribution is 0.0944. The van der Waals surface area contributed by atoms with Crippen LogP contribution in [0, 0.1) is 0 Å². The molecule has 8 heteroatoms. The van der Waals surface area contributed by atoms with E-state index in [0.717, 1.165) is 31.6 Å². The summed E-state index contributed by atoms with van der Waals surface area (Å²) in [6.45, 7) is 1.39. The van der Waals surface area contributed by atoms with Gasteiger partial charge in [0.2, 0.25) is 0 Å². The highest BCUT2D eigenvalue weighted by Crippen LogP contribution is 2.21. The van der Waals surface area contributed by atoms with Crippen molar-refractivity contribution in [3.63, 3.8) is 0 Å². The second-order valence-electron chi connectivity index (χ2n) is 5.30. The van der Waals surface area contributed by atoms with Crippen LogP contribution in [-0.2, 0) is 0 Å². The number of nitrogens with zero attached hydrogens (tertiary/aromatic N) is 3. The number of rotatable bonds is 4. The van der Waals surface area contributed by atoms with Gasteiger partial charge in [-0.2, -0.15) is 10.2 Å². The number of carbonyl (C=O) groups is 1. The number of amides is 1. The normalized spacial score (nSPS) is 18.2. The molecule has 0 radical (unpaired) electrons. The topological polar surface area (TPSA) is 107 Å². The number of anilines is 1. The smallest absolute Gasteiger partial charge is 0.269 e. The van der Waals surface area contributed by atoms with Gasteiger partial charge in [-0.3, -0.25) is 14.7 Å². The zero-order chi connectivity index (χ0) is 15.4. The molecule has 2 aromatic heterocycles. The van der Waals surface area contributed by atoms with Gasteiger partial charge in [0.15, 0.2) is 0 Å². The first-order valence-corrected chi connectivity index (χ1v) is 7.34. The number of piperidine rings is 1. The summed E-state index contributed by atoms with van der Waals surface area (Å²) in [7, 11) is 0. The first kappa shape index (κ1) is 14.3. The summed E-state index contributed by atoms with van der Waals surface area (Å²) >= 11 is 0. The Morgan fingerprint density at radius 1 is 1.32 bits per heavy atom. The van der Waals surface area contributed by atoms with Gasteiger partial charge in [0.25, 0.3) is 11.5 Å². The number of aromatic nitrogens is 4. The molecule has 22 heavy (non-hydrogen) atoms. The Kier molecular flexibility index (Phi) is 4.17. The van der Waals surface area contributed by atoms with Gasteiger partial charge in [0.1, 0.15) is 11.5 Å². The van der Waals surface area contributed by atoms with E-state index < -0.39 is 0 Å². The quantitative estimate of drug-likeness (QED) is 0.752. The molecule has 0 spiro atoms. The van der Waals surface area contributed by atoms with Gasteiger partial charge in [-0.05, 0) is 31.4 Å². The Labute approximate surface area is 126 Å². The lowest BCUT2D eigenvalue weighted by Gasteiger charge is -2.36. The first-order chi connectivity index (χ1) is 10.7. The van der Waals surface area contributed by atoms with Crippen LogP contribution < -0.4 is 15.8 Å². The monoisotopic (exact) mass is 302 g/mol. The van der Waals surface area contributed by atoms with Crippen molar-refractivity contribution >= 4 is 11.7 Å². The van der Waals surface area contributed by atoms with Crippen molar-refractivity contribution in [3.05, 3.63) is 40.4 Å². The molecule has 116 valence electrons. The molecule has 1 aliphatic rings. The molecule has 0 aliphatic carbocycles. The van der Waals surface area contributed by atoms with E-state index in [-0.39, 0.29) is 17.5 Å². The van der Waals surface area contributed by atoms with Crippen LogP contribution in [0.4, 0.5) is 5.82 Å². The van der Waals surface area contributed by atoms with Crippen molar-refractivity contribution in [3.8, 4) is 0 Å². The minimum atomic E-state index is -0.218. The number of H-pyrrole nitrogens is 2. The molecule has 1 atom stereocenters. The maximum Gasteiger partial charge on any atom is 0.269 e. The van der Waals surface area contributed by atoms with Crippen molar-refractivity contribution in [1.29, 1.82) is 0 Å². The molecule has 0 saturated carbocycles. The minimum Gasteiger partial charge on any atom is -0.350 e. The number of nitrogens with one attached hydrogen (secondary N) is 3. The van der Waals surface area contributed by atoms with E-state index in [0.29, 0.717) is 12.2 Å². The van der Waals surface area contributed by atoms with Gasteiger partial charge in [0, 0.05) is 31.4 Å². The predicted octanol–water partition coefficient (Wildman–Crippen LogP) is 0.282. The molecule has 3 rings (SSSR count). The van der Waals surface area contributed by atoms with Crippen LogP contribution in [0.1, 0.15) is 29.8 Å². The molecule has 2 aromatic rings. The average molecular weight is 302 g/mol. The average Bonchev–Trinajstić information content (AvgIpc) is 3.08. The molecule has 1 amide bonds. The van der Waals surface area contributed by atoms with Crippen LogP contribution in [-0.4, -0.2) is 45.4 Å². The SMILES string of the molecule is O=C(NCC1CCCCN1c1ccc(=O)[nH]n1)c1ccn[nH]1. The highest BCUT2D eigenvalue weighted by atomic mass is 16.2. The van der Waals surface area contributed by atoms with E-state index in [4.69, 9.17) is 0 Å². The van der Waals surface area contributed by atoms with Crippen LogP contribution in [0.5, 0.6) is 0 Å². The van der Waals surface area contributed by atoms with E-state index in [1.165, 1.54) is 6.07 Å². The number of hydrogen-bond acceptors (Lipinski definition) is 5. The molecule has 3 N–H and O–H groups in total. The van der Waals surface area contributed by atoms with Crippen molar-refractivity contribution in [2.45, 2.75) is 25.3 Å². The largest absolute Gasteiger partial charge is 0.350 e. The Bertz CT molecular complexity index is 660. The molecule has 0 aromatic carbocycles. The molecule has 8 nitrogen and oxygen atoms in total. The van der Waals surface area contributed by atoms with Gasteiger partial charge in [-0.15, -0.1) is 0 Å². The second-order valence-corrected chi connectivity index (χ2v) is 5.30. The third-order valence-corrected chi connectivity index (χ3v) is 3.83. The summed E-state index contributed by atoms with van der Waals surface area (Å²) in [6, 6.07) is 4.99. The summed E-state index contributed by atoms with van der Waals surface area (Å²) < 4.78 is 0. The van der Waals surface area contributed by atoms with Crippen LogP contribution in [0.25, 0.3) is 0 Å². The highest BCUT2D eigenvalue weighted by Gasteiger charge is 2.24. The highest BCUT2D eigenvalue weighted by molar-refractivity contribution is 5.92. The van der Waals surface area contributed by atoms with Crippen molar-refractivity contribution in [2.75, 3.05) is 18.0 Å². The number of hydrogen-bond donors (Lipinski definition) is 3. The third kappa shape index (κ3) is 3.16. The molecule has 1 saturated heterocycles. The van der Waals surface area contributed by atoms with Crippen molar-refractivity contribution in [2.24, 2.45) is 0 Å². The summed E-state index contributed by atoms with van der Waals surface area (Å²) in [5.41, 5.74) is 0.231. The fourth-order valence-corrected chi connectivity index (χ4v) is 2.70.